The van der Waals surface area contributed by atoms with Gasteiger partial charge in [0.1, 0.15) is 11.6 Å². The molecule has 0 spiro atoms. The van der Waals surface area contributed by atoms with Gasteiger partial charge in [-0.25, -0.2) is 4.39 Å². The van der Waals surface area contributed by atoms with Gasteiger partial charge in [-0.2, -0.15) is 0 Å². The highest BCUT2D eigenvalue weighted by atomic mass is 19.1. The topological polar surface area (TPSA) is 52.3 Å². The minimum Gasteiger partial charge on any atom is -0.485 e. The van der Waals surface area contributed by atoms with E-state index in [2.05, 4.69) is 0 Å². The maximum atomic E-state index is 12.7. The van der Waals surface area contributed by atoms with Crippen LogP contribution in [-0.2, 0) is 0 Å². The zero-order chi connectivity index (χ0) is 13.0. The Kier molecular flexibility index (Phi) is 3.57. The fourth-order valence-electron chi connectivity index (χ4n) is 1.47. The smallest absolute Gasteiger partial charge is 0.200 e. The van der Waals surface area contributed by atoms with Gasteiger partial charge in [-0.1, -0.05) is 6.07 Å². The van der Waals surface area contributed by atoms with Gasteiger partial charge < -0.3 is 10.5 Å². The van der Waals surface area contributed by atoms with Gasteiger partial charge in [-0.05, 0) is 36.4 Å². The summed E-state index contributed by atoms with van der Waals surface area (Å²) < 4.78 is 18.0. The molecule has 0 unspecified atom stereocenters. The van der Waals surface area contributed by atoms with E-state index in [0.717, 1.165) is 0 Å². The number of Topliss-reactive ketones (excluding diaryl/α,β-unsaturated/α-hetero) is 1. The molecule has 0 bridgehead atoms. The van der Waals surface area contributed by atoms with E-state index in [1.165, 1.54) is 24.3 Å². The molecule has 0 aliphatic rings. The molecule has 0 heterocycles. The van der Waals surface area contributed by atoms with E-state index in [1.54, 1.807) is 24.3 Å². The average Bonchev–Trinajstić information content (AvgIpc) is 2.37. The molecule has 0 aromatic heterocycles. The monoisotopic (exact) mass is 245 g/mol. The Morgan fingerprint density at radius 3 is 2.56 bits per heavy atom. The second-order valence-electron chi connectivity index (χ2n) is 3.79. The highest BCUT2D eigenvalue weighted by Crippen LogP contribution is 2.14. The third-order valence-corrected chi connectivity index (χ3v) is 2.39. The number of ether oxygens (including phenoxy) is 1. The molecule has 92 valence electrons. The van der Waals surface area contributed by atoms with Crippen LogP contribution in [0.5, 0.6) is 5.75 Å². The number of carbonyl (C=O) groups is 1. The third kappa shape index (κ3) is 3.07. The van der Waals surface area contributed by atoms with Gasteiger partial charge in [-0.3, -0.25) is 4.79 Å². The summed E-state index contributed by atoms with van der Waals surface area (Å²) in [6.07, 6.45) is 0. The number of hydrogen-bond acceptors (Lipinski definition) is 3. The van der Waals surface area contributed by atoms with Gasteiger partial charge >= 0.3 is 0 Å². The minimum absolute atomic E-state index is 0.102. The van der Waals surface area contributed by atoms with Gasteiger partial charge in [0.15, 0.2) is 12.4 Å². The van der Waals surface area contributed by atoms with E-state index in [-0.39, 0.29) is 18.2 Å². The molecule has 0 atom stereocenters. The molecule has 0 aliphatic carbocycles. The van der Waals surface area contributed by atoms with E-state index in [0.29, 0.717) is 17.0 Å². The largest absolute Gasteiger partial charge is 0.485 e. The van der Waals surface area contributed by atoms with Crippen molar-refractivity contribution >= 4 is 11.5 Å². The van der Waals surface area contributed by atoms with E-state index in [9.17, 15) is 9.18 Å². The molecule has 2 aromatic carbocycles. The highest BCUT2D eigenvalue weighted by molar-refractivity contribution is 5.97. The van der Waals surface area contributed by atoms with Gasteiger partial charge in [-0.15, -0.1) is 0 Å². The second-order valence-corrected chi connectivity index (χ2v) is 3.79. The normalized spacial score (nSPS) is 10.1. The summed E-state index contributed by atoms with van der Waals surface area (Å²) >= 11 is 0. The van der Waals surface area contributed by atoms with Crippen LogP contribution >= 0.6 is 0 Å². The number of nitrogen functional groups attached to an aromatic ring is 1. The molecular weight excluding hydrogens is 233 g/mol. The van der Waals surface area contributed by atoms with Crippen molar-refractivity contribution < 1.29 is 13.9 Å². The molecule has 2 rings (SSSR count). The van der Waals surface area contributed by atoms with Crippen LogP contribution in [0.4, 0.5) is 10.1 Å². The third-order valence-electron chi connectivity index (χ3n) is 2.39. The van der Waals surface area contributed by atoms with E-state index >= 15 is 0 Å². The van der Waals surface area contributed by atoms with Crippen molar-refractivity contribution in [3.05, 3.63) is 59.9 Å². The number of nitrogens with two attached hydrogens (primary N) is 1. The molecule has 0 radical (unpaired) electrons. The molecule has 0 saturated heterocycles. The van der Waals surface area contributed by atoms with Crippen LogP contribution in [0.3, 0.4) is 0 Å². The summed E-state index contributed by atoms with van der Waals surface area (Å²) in [4.78, 5) is 11.7. The van der Waals surface area contributed by atoms with E-state index in [1.807, 2.05) is 0 Å². The van der Waals surface area contributed by atoms with Crippen molar-refractivity contribution in [1.82, 2.24) is 0 Å². The fraction of sp³-hybridized carbons (Fsp3) is 0.0714. The molecule has 4 heteroatoms. The van der Waals surface area contributed by atoms with E-state index < -0.39 is 0 Å². The quantitative estimate of drug-likeness (QED) is 0.665. The lowest BCUT2D eigenvalue weighted by atomic mass is 10.1. The first-order valence-corrected chi connectivity index (χ1v) is 5.42. The number of ketones is 1. The van der Waals surface area contributed by atoms with Crippen molar-refractivity contribution in [1.29, 1.82) is 0 Å². The summed E-state index contributed by atoms with van der Waals surface area (Å²) in [5.74, 6) is -0.0498. The molecule has 0 fully saturated rings. The maximum Gasteiger partial charge on any atom is 0.200 e. The summed E-state index contributed by atoms with van der Waals surface area (Å²) in [6.45, 7) is -0.102. The number of anilines is 1. The number of benzene rings is 2. The summed E-state index contributed by atoms with van der Waals surface area (Å²) in [6, 6.07) is 12.2. The van der Waals surface area contributed by atoms with Gasteiger partial charge in [0.2, 0.25) is 0 Å². The number of carbonyl (C=O) groups excluding carboxylic acids is 1. The summed E-state index contributed by atoms with van der Waals surface area (Å²) in [5, 5.41) is 0. The van der Waals surface area contributed by atoms with Crippen LogP contribution in [0.1, 0.15) is 10.4 Å². The van der Waals surface area contributed by atoms with Gasteiger partial charge in [0.05, 0.1) is 0 Å². The zero-order valence-electron chi connectivity index (χ0n) is 9.60. The zero-order valence-corrected chi connectivity index (χ0v) is 9.60. The lowest BCUT2D eigenvalue weighted by Crippen LogP contribution is -2.11. The minimum atomic E-state index is -0.372. The average molecular weight is 245 g/mol. The lowest BCUT2D eigenvalue weighted by molar-refractivity contribution is 0.0921. The Morgan fingerprint density at radius 1 is 1.17 bits per heavy atom. The Balaban J connectivity index is 1.98. The maximum absolute atomic E-state index is 12.7. The van der Waals surface area contributed by atoms with Gasteiger partial charge in [0.25, 0.3) is 0 Å². The van der Waals surface area contributed by atoms with Crippen molar-refractivity contribution in [2.24, 2.45) is 0 Å². The molecule has 0 saturated carbocycles. The lowest BCUT2D eigenvalue weighted by Gasteiger charge is -2.06. The molecular formula is C14H12FNO2. The molecule has 2 aromatic rings. The second kappa shape index (κ2) is 5.31. The standard InChI is InChI=1S/C14H12FNO2/c15-11-6-4-10(5-7-11)14(17)9-18-13-3-1-2-12(16)8-13/h1-8H,9,16H2. The summed E-state index contributed by atoms with van der Waals surface area (Å²) in [5.41, 5.74) is 6.57. The first kappa shape index (κ1) is 12.1. The molecule has 18 heavy (non-hydrogen) atoms. The predicted molar refractivity (Wildman–Crippen MR) is 67.1 cm³/mol. The molecule has 0 aliphatic heterocycles. The fourth-order valence-corrected chi connectivity index (χ4v) is 1.47. The van der Waals surface area contributed by atoms with Gasteiger partial charge in [0, 0.05) is 17.3 Å². The van der Waals surface area contributed by atoms with Crippen LogP contribution in [0.2, 0.25) is 0 Å². The molecule has 2 N–H and O–H groups in total. The number of halogens is 1. The van der Waals surface area contributed by atoms with Crippen molar-refractivity contribution in [2.45, 2.75) is 0 Å². The predicted octanol–water partition coefficient (Wildman–Crippen LogP) is 2.67. The number of rotatable bonds is 4. The highest BCUT2D eigenvalue weighted by Gasteiger charge is 2.06. The number of hydrogen-bond donors (Lipinski definition) is 1. The van der Waals surface area contributed by atoms with Crippen LogP contribution < -0.4 is 10.5 Å². The van der Waals surface area contributed by atoms with Crippen LogP contribution in [-0.4, -0.2) is 12.4 Å². The Labute approximate surface area is 104 Å². The first-order valence-electron chi connectivity index (χ1n) is 5.42. The summed E-state index contributed by atoms with van der Waals surface area (Å²) in [7, 11) is 0. The van der Waals surface area contributed by atoms with Crippen molar-refractivity contribution in [3.63, 3.8) is 0 Å². The van der Waals surface area contributed by atoms with Crippen molar-refractivity contribution in [3.8, 4) is 5.75 Å². The van der Waals surface area contributed by atoms with Crippen LogP contribution in [0.25, 0.3) is 0 Å². The molecule has 3 nitrogen and oxygen atoms in total. The van der Waals surface area contributed by atoms with Crippen LogP contribution in [0.15, 0.2) is 48.5 Å². The SMILES string of the molecule is Nc1cccc(OCC(=O)c2ccc(F)cc2)c1. The Bertz CT molecular complexity index is 552. The first-order chi connectivity index (χ1) is 8.65. The Hall–Kier alpha value is -2.36. The van der Waals surface area contributed by atoms with Crippen molar-refractivity contribution in [2.75, 3.05) is 12.3 Å². The molecule has 0 amide bonds. The van der Waals surface area contributed by atoms with E-state index in [4.69, 9.17) is 10.5 Å². The Morgan fingerprint density at radius 2 is 1.89 bits per heavy atom. The van der Waals surface area contributed by atoms with Crippen LogP contribution in [0, 0.1) is 5.82 Å².